The second-order valence-electron chi connectivity index (χ2n) is 4.18. The first-order valence-corrected chi connectivity index (χ1v) is 4.90. The van der Waals surface area contributed by atoms with Gasteiger partial charge in [0.15, 0.2) is 0 Å². The molecule has 0 aromatic carbocycles. The molecular formula is C11H14N4O. The van der Waals surface area contributed by atoms with Gasteiger partial charge >= 0.3 is 0 Å². The summed E-state index contributed by atoms with van der Waals surface area (Å²) < 4.78 is 0. The molecule has 5 heteroatoms. The van der Waals surface area contributed by atoms with Gasteiger partial charge in [0, 0.05) is 0 Å². The number of aromatic nitrogens is 2. The van der Waals surface area contributed by atoms with E-state index < -0.39 is 5.54 Å². The van der Waals surface area contributed by atoms with Crippen LogP contribution in [0, 0.1) is 25.2 Å². The average Bonchev–Trinajstić information content (AvgIpc) is 2.21. The van der Waals surface area contributed by atoms with Crippen LogP contribution in [0.1, 0.15) is 35.6 Å². The molecule has 0 aliphatic heterocycles. The number of nitrogens with zero attached hydrogens (tertiary/aromatic N) is 3. The van der Waals surface area contributed by atoms with Crippen LogP contribution in [-0.4, -0.2) is 21.6 Å². The van der Waals surface area contributed by atoms with Crippen LogP contribution < -0.4 is 5.32 Å². The van der Waals surface area contributed by atoms with E-state index in [0.717, 1.165) is 0 Å². The smallest absolute Gasteiger partial charge is 0.254 e. The second kappa shape index (κ2) is 4.27. The van der Waals surface area contributed by atoms with E-state index in [4.69, 9.17) is 5.26 Å². The quantitative estimate of drug-likeness (QED) is 0.806. The van der Waals surface area contributed by atoms with E-state index in [1.54, 1.807) is 33.8 Å². The molecule has 1 heterocycles. The first-order chi connectivity index (χ1) is 7.35. The summed E-state index contributed by atoms with van der Waals surface area (Å²) in [5.74, 6) is -0.304. The molecule has 1 amide bonds. The van der Waals surface area contributed by atoms with Crippen molar-refractivity contribution in [2.45, 2.75) is 33.2 Å². The van der Waals surface area contributed by atoms with Crippen LogP contribution in [0.2, 0.25) is 0 Å². The Morgan fingerprint density at radius 3 is 2.62 bits per heavy atom. The molecule has 1 aromatic rings. The minimum atomic E-state index is -0.888. The lowest BCUT2D eigenvalue weighted by atomic mass is 10.1. The third-order valence-corrected chi connectivity index (χ3v) is 2.05. The maximum atomic E-state index is 11.9. The Hall–Kier alpha value is -1.96. The molecule has 0 bridgehead atoms. The first-order valence-electron chi connectivity index (χ1n) is 4.90. The standard InChI is InChI=1S/C11H14N4O/c1-7-5-9(8(2)15-14-7)10(16)13-11(3,4)6-12/h5H,1-4H3,(H,13,16). The van der Waals surface area contributed by atoms with Gasteiger partial charge in [-0.3, -0.25) is 4.79 Å². The predicted octanol–water partition coefficient (Wildman–Crippen LogP) is 1.13. The Labute approximate surface area is 94.5 Å². The lowest BCUT2D eigenvalue weighted by Gasteiger charge is -2.17. The van der Waals surface area contributed by atoms with Gasteiger partial charge in [-0.2, -0.15) is 15.5 Å². The van der Waals surface area contributed by atoms with E-state index in [9.17, 15) is 4.79 Å². The molecule has 1 aromatic heterocycles. The van der Waals surface area contributed by atoms with E-state index >= 15 is 0 Å². The summed E-state index contributed by atoms with van der Waals surface area (Å²) in [7, 11) is 0. The fourth-order valence-corrected chi connectivity index (χ4v) is 1.16. The number of hydrogen-bond acceptors (Lipinski definition) is 4. The van der Waals surface area contributed by atoms with Crippen molar-refractivity contribution in [1.29, 1.82) is 5.26 Å². The van der Waals surface area contributed by atoms with Crippen LogP contribution in [0.4, 0.5) is 0 Å². The van der Waals surface area contributed by atoms with Crippen molar-refractivity contribution < 1.29 is 4.79 Å². The van der Waals surface area contributed by atoms with Gasteiger partial charge in [0.1, 0.15) is 5.54 Å². The molecule has 0 unspecified atom stereocenters. The highest BCUT2D eigenvalue weighted by atomic mass is 16.1. The monoisotopic (exact) mass is 218 g/mol. The van der Waals surface area contributed by atoms with Crippen molar-refractivity contribution in [3.8, 4) is 6.07 Å². The maximum Gasteiger partial charge on any atom is 0.254 e. The maximum absolute atomic E-state index is 11.9. The second-order valence-corrected chi connectivity index (χ2v) is 4.18. The highest BCUT2D eigenvalue weighted by Gasteiger charge is 2.21. The van der Waals surface area contributed by atoms with Crippen LogP contribution in [0.15, 0.2) is 6.07 Å². The van der Waals surface area contributed by atoms with Gasteiger partial charge in [0.05, 0.1) is 23.0 Å². The van der Waals surface area contributed by atoms with Gasteiger partial charge in [-0.1, -0.05) is 0 Å². The molecule has 0 aliphatic carbocycles. The van der Waals surface area contributed by atoms with Crippen LogP contribution >= 0.6 is 0 Å². The van der Waals surface area contributed by atoms with Crippen molar-refractivity contribution in [1.82, 2.24) is 15.5 Å². The van der Waals surface area contributed by atoms with Gasteiger partial charge in [0.2, 0.25) is 0 Å². The molecule has 0 fully saturated rings. The minimum Gasteiger partial charge on any atom is -0.334 e. The molecule has 0 spiro atoms. The van der Waals surface area contributed by atoms with Gasteiger partial charge in [-0.15, -0.1) is 0 Å². The van der Waals surface area contributed by atoms with Crippen LogP contribution in [0.5, 0.6) is 0 Å². The fourth-order valence-electron chi connectivity index (χ4n) is 1.16. The minimum absolute atomic E-state index is 0.304. The fraction of sp³-hybridized carbons (Fsp3) is 0.455. The zero-order valence-corrected chi connectivity index (χ0v) is 9.83. The number of nitriles is 1. The van der Waals surface area contributed by atoms with Gasteiger partial charge in [-0.05, 0) is 33.8 Å². The van der Waals surface area contributed by atoms with E-state index in [0.29, 0.717) is 17.0 Å². The van der Waals surface area contributed by atoms with Crippen LogP contribution in [0.25, 0.3) is 0 Å². The van der Waals surface area contributed by atoms with E-state index in [1.807, 2.05) is 6.07 Å². The topological polar surface area (TPSA) is 78.7 Å². The zero-order chi connectivity index (χ0) is 12.3. The predicted molar refractivity (Wildman–Crippen MR) is 58.7 cm³/mol. The average molecular weight is 218 g/mol. The summed E-state index contributed by atoms with van der Waals surface area (Å²) in [5, 5.41) is 19.1. The third-order valence-electron chi connectivity index (χ3n) is 2.05. The molecule has 0 saturated carbocycles. The van der Waals surface area contributed by atoms with Gasteiger partial charge < -0.3 is 5.32 Å². The van der Waals surface area contributed by atoms with E-state index in [2.05, 4.69) is 15.5 Å². The summed E-state index contributed by atoms with van der Waals surface area (Å²) in [5.41, 5.74) is 0.791. The van der Waals surface area contributed by atoms with Gasteiger partial charge in [-0.25, -0.2) is 0 Å². The molecule has 0 atom stereocenters. The largest absolute Gasteiger partial charge is 0.334 e. The molecule has 0 saturated heterocycles. The van der Waals surface area contributed by atoms with Crippen molar-refractivity contribution in [2.75, 3.05) is 0 Å². The number of aryl methyl sites for hydroxylation is 2. The molecule has 16 heavy (non-hydrogen) atoms. The third kappa shape index (κ3) is 2.76. The van der Waals surface area contributed by atoms with E-state index in [-0.39, 0.29) is 5.91 Å². The summed E-state index contributed by atoms with van der Waals surface area (Å²) in [4.78, 5) is 11.9. The van der Waals surface area contributed by atoms with Crippen molar-refractivity contribution >= 4 is 5.91 Å². The van der Waals surface area contributed by atoms with Crippen LogP contribution in [-0.2, 0) is 0 Å². The normalized spacial score (nSPS) is 10.7. The van der Waals surface area contributed by atoms with Gasteiger partial charge in [0.25, 0.3) is 5.91 Å². The zero-order valence-electron chi connectivity index (χ0n) is 9.83. The van der Waals surface area contributed by atoms with Crippen molar-refractivity contribution in [3.63, 3.8) is 0 Å². The Balaban J connectivity index is 2.98. The Morgan fingerprint density at radius 2 is 2.06 bits per heavy atom. The highest BCUT2D eigenvalue weighted by molar-refractivity contribution is 5.95. The molecule has 84 valence electrons. The number of rotatable bonds is 2. The molecular weight excluding hydrogens is 204 g/mol. The summed E-state index contributed by atoms with van der Waals surface area (Å²) in [6.45, 7) is 6.75. The number of nitrogens with one attached hydrogen (secondary N) is 1. The Bertz CT molecular complexity index is 460. The number of carbonyl (C=O) groups is 1. The summed E-state index contributed by atoms with van der Waals surface area (Å²) >= 11 is 0. The SMILES string of the molecule is Cc1cc(C(=O)NC(C)(C)C#N)c(C)nn1. The highest BCUT2D eigenvalue weighted by Crippen LogP contribution is 2.08. The van der Waals surface area contributed by atoms with Crippen molar-refractivity contribution in [3.05, 3.63) is 23.0 Å². The molecule has 0 radical (unpaired) electrons. The lowest BCUT2D eigenvalue weighted by molar-refractivity contribution is 0.0928. The number of hydrogen-bond donors (Lipinski definition) is 1. The molecule has 1 rings (SSSR count). The van der Waals surface area contributed by atoms with Crippen LogP contribution in [0.3, 0.4) is 0 Å². The number of carbonyl (C=O) groups excluding carboxylic acids is 1. The summed E-state index contributed by atoms with van der Waals surface area (Å²) in [6.07, 6.45) is 0. The molecule has 5 nitrogen and oxygen atoms in total. The molecule has 1 N–H and O–H groups in total. The van der Waals surface area contributed by atoms with Crippen molar-refractivity contribution in [2.24, 2.45) is 0 Å². The number of amides is 1. The van der Waals surface area contributed by atoms with E-state index in [1.165, 1.54) is 0 Å². The lowest BCUT2D eigenvalue weighted by Crippen LogP contribution is -2.42. The molecule has 0 aliphatic rings. The Kier molecular flexibility index (Phi) is 3.23. The summed E-state index contributed by atoms with van der Waals surface area (Å²) in [6, 6.07) is 3.67. The Morgan fingerprint density at radius 1 is 1.44 bits per heavy atom. The first kappa shape index (κ1) is 12.1.